The summed E-state index contributed by atoms with van der Waals surface area (Å²) in [6, 6.07) is 0. The summed E-state index contributed by atoms with van der Waals surface area (Å²) in [6.45, 7) is 3.83. The highest BCUT2D eigenvalue weighted by molar-refractivity contribution is 4.81. The highest BCUT2D eigenvalue weighted by Gasteiger charge is 2.27. The van der Waals surface area contributed by atoms with Crippen LogP contribution in [0.4, 0.5) is 0 Å². The minimum absolute atomic E-state index is 1.03. The van der Waals surface area contributed by atoms with Gasteiger partial charge in [0.1, 0.15) is 0 Å². The van der Waals surface area contributed by atoms with Crippen molar-refractivity contribution in [2.45, 2.75) is 70.6 Å². The monoisotopic (exact) mass is 220 g/mol. The lowest BCUT2D eigenvalue weighted by atomic mass is 9.70. The van der Waals surface area contributed by atoms with Crippen molar-refractivity contribution < 1.29 is 0 Å². The molecule has 0 N–H and O–H groups in total. The smallest absolute Gasteiger partial charge is 0.0351 e. The molecule has 0 aromatic carbocycles. The lowest BCUT2D eigenvalue weighted by Crippen LogP contribution is -2.23. The van der Waals surface area contributed by atoms with Gasteiger partial charge >= 0.3 is 0 Å². The van der Waals surface area contributed by atoms with Crippen molar-refractivity contribution in [3.63, 3.8) is 0 Å². The van der Waals surface area contributed by atoms with Crippen LogP contribution in [0.2, 0.25) is 0 Å². The third kappa shape index (κ3) is 3.37. The van der Waals surface area contributed by atoms with E-state index in [9.17, 15) is 0 Å². The van der Waals surface area contributed by atoms with Crippen molar-refractivity contribution in [2.24, 2.45) is 17.8 Å². The van der Waals surface area contributed by atoms with Crippen LogP contribution >= 0.6 is 0 Å². The third-order valence-corrected chi connectivity index (χ3v) is 4.99. The third-order valence-electron chi connectivity index (χ3n) is 4.99. The summed E-state index contributed by atoms with van der Waals surface area (Å²) in [7, 11) is 0. The van der Waals surface area contributed by atoms with Crippen molar-refractivity contribution >= 4 is 0 Å². The van der Waals surface area contributed by atoms with Crippen LogP contribution in [0.25, 0.3) is 0 Å². The first kappa shape index (κ1) is 12.2. The lowest BCUT2D eigenvalue weighted by Gasteiger charge is -2.35. The largest absolute Gasteiger partial charge is 0.103 e. The Labute approximate surface area is 102 Å². The van der Waals surface area contributed by atoms with Crippen LogP contribution in [-0.4, -0.2) is 0 Å². The Morgan fingerprint density at radius 2 is 1.44 bits per heavy atom. The second-order valence-electron chi connectivity index (χ2n) is 6.04. The predicted molar refractivity (Wildman–Crippen MR) is 71.5 cm³/mol. The maximum atomic E-state index is 3.83. The minimum atomic E-state index is 1.03. The maximum absolute atomic E-state index is 3.83. The van der Waals surface area contributed by atoms with Crippen molar-refractivity contribution in [1.29, 1.82) is 0 Å². The molecule has 2 saturated carbocycles. The van der Waals surface area contributed by atoms with Gasteiger partial charge in [0.25, 0.3) is 0 Å². The van der Waals surface area contributed by atoms with E-state index in [0.29, 0.717) is 0 Å². The molecule has 0 unspecified atom stereocenters. The zero-order valence-corrected chi connectivity index (χ0v) is 10.8. The summed E-state index contributed by atoms with van der Waals surface area (Å²) < 4.78 is 0. The summed E-state index contributed by atoms with van der Waals surface area (Å²) in [5.74, 6) is 3.23. The summed E-state index contributed by atoms with van der Waals surface area (Å²) in [6.07, 6.45) is 18.4. The van der Waals surface area contributed by atoms with Gasteiger partial charge in [0, 0.05) is 0 Å². The molecule has 0 heteroatoms. The molecule has 16 heavy (non-hydrogen) atoms. The van der Waals surface area contributed by atoms with Crippen LogP contribution in [0, 0.1) is 17.8 Å². The minimum Gasteiger partial charge on any atom is -0.103 e. The average Bonchev–Trinajstić information content (AvgIpc) is 2.38. The second-order valence-corrected chi connectivity index (χ2v) is 6.04. The molecule has 0 radical (unpaired) electrons. The molecule has 0 heterocycles. The molecule has 2 rings (SSSR count). The molecule has 0 aromatic heterocycles. The van der Waals surface area contributed by atoms with Gasteiger partial charge in [-0.3, -0.25) is 0 Å². The van der Waals surface area contributed by atoms with Crippen molar-refractivity contribution in [3.8, 4) is 0 Å². The molecule has 0 spiro atoms. The van der Waals surface area contributed by atoms with E-state index in [1.165, 1.54) is 57.8 Å². The van der Waals surface area contributed by atoms with Gasteiger partial charge in [-0.1, -0.05) is 51.0 Å². The molecule has 0 aromatic rings. The first-order chi connectivity index (χ1) is 7.90. The zero-order chi connectivity index (χ0) is 11.2. The van der Waals surface area contributed by atoms with Crippen LogP contribution in [0.3, 0.4) is 0 Å². The average molecular weight is 220 g/mol. The Hall–Kier alpha value is -0.260. The molecule has 0 amide bonds. The number of hydrogen-bond donors (Lipinski definition) is 0. The van der Waals surface area contributed by atoms with Crippen LogP contribution < -0.4 is 0 Å². The highest BCUT2D eigenvalue weighted by Crippen LogP contribution is 2.40. The normalized spacial score (nSPS) is 32.5. The Morgan fingerprint density at radius 3 is 2.06 bits per heavy atom. The zero-order valence-electron chi connectivity index (χ0n) is 10.8. The van der Waals surface area contributed by atoms with E-state index in [2.05, 4.69) is 12.7 Å². The molecular formula is C16H28. The van der Waals surface area contributed by atoms with Crippen LogP contribution in [0.1, 0.15) is 70.6 Å². The number of allylic oxidation sites excluding steroid dienone is 1. The van der Waals surface area contributed by atoms with Gasteiger partial charge in [0.05, 0.1) is 0 Å². The number of rotatable bonds is 4. The standard InChI is InChI=1S/C16H28/c1-2-3-7-14-10-12-16(13-11-14)15-8-5-4-6-9-15/h2,14-16H,1,3-13H2/t14-,16-. The molecule has 0 bridgehead atoms. The Bertz CT molecular complexity index is 192. The van der Waals surface area contributed by atoms with Crippen molar-refractivity contribution in [3.05, 3.63) is 12.7 Å². The van der Waals surface area contributed by atoms with Gasteiger partial charge in [-0.15, -0.1) is 6.58 Å². The molecule has 0 saturated heterocycles. The molecule has 0 atom stereocenters. The van der Waals surface area contributed by atoms with E-state index < -0.39 is 0 Å². The quantitative estimate of drug-likeness (QED) is 0.561. The molecule has 0 nitrogen and oxygen atoms in total. The van der Waals surface area contributed by atoms with E-state index in [-0.39, 0.29) is 0 Å². The van der Waals surface area contributed by atoms with Crippen molar-refractivity contribution in [2.75, 3.05) is 0 Å². The molecule has 2 aliphatic rings. The van der Waals surface area contributed by atoms with E-state index >= 15 is 0 Å². The van der Waals surface area contributed by atoms with Gasteiger partial charge in [-0.05, 0) is 43.4 Å². The first-order valence-electron chi connectivity index (χ1n) is 7.51. The van der Waals surface area contributed by atoms with Gasteiger partial charge in [-0.2, -0.15) is 0 Å². The van der Waals surface area contributed by atoms with Crippen molar-refractivity contribution in [1.82, 2.24) is 0 Å². The first-order valence-corrected chi connectivity index (χ1v) is 7.51. The van der Waals surface area contributed by atoms with E-state index in [4.69, 9.17) is 0 Å². The number of hydrogen-bond acceptors (Lipinski definition) is 0. The molecule has 92 valence electrons. The topological polar surface area (TPSA) is 0 Å². The van der Waals surface area contributed by atoms with E-state index in [1.807, 2.05) is 0 Å². The second kappa shape index (κ2) is 6.47. The Kier molecular flexibility index (Phi) is 4.93. The van der Waals surface area contributed by atoms with Gasteiger partial charge < -0.3 is 0 Å². The maximum Gasteiger partial charge on any atom is -0.0351 e. The predicted octanol–water partition coefficient (Wildman–Crippen LogP) is 5.34. The Balaban J connectivity index is 1.69. The van der Waals surface area contributed by atoms with Crippen LogP contribution in [-0.2, 0) is 0 Å². The summed E-state index contributed by atoms with van der Waals surface area (Å²) in [5.41, 5.74) is 0. The molecule has 2 aliphatic carbocycles. The summed E-state index contributed by atoms with van der Waals surface area (Å²) in [4.78, 5) is 0. The van der Waals surface area contributed by atoms with Crippen LogP contribution in [0.5, 0.6) is 0 Å². The Morgan fingerprint density at radius 1 is 0.812 bits per heavy atom. The SMILES string of the molecule is C=CCC[C@H]1CC[C@H](C2CCCCC2)CC1. The molecule has 0 aliphatic heterocycles. The summed E-state index contributed by atoms with van der Waals surface area (Å²) in [5, 5.41) is 0. The summed E-state index contributed by atoms with van der Waals surface area (Å²) >= 11 is 0. The lowest BCUT2D eigenvalue weighted by molar-refractivity contribution is 0.164. The fraction of sp³-hybridized carbons (Fsp3) is 0.875. The van der Waals surface area contributed by atoms with E-state index in [1.54, 1.807) is 12.8 Å². The van der Waals surface area contributed by atoms with Gasteiger partial charge in [0.2, 0.25) is 0 Å². The molecular weight excluding hydrogens is 192 g/mol. The fourth-order valence-electron chi connectivity index (χ4n) is 3.91. The highest BCUT2D eigenvalue weighted by atomic mass is 14.3. The van der Waals surface area contributed by atoms with E-state index in [0.717, 1.165) is 17.8 Å². The fourth-order valence-corrected chi connectivity index (χ4v) is 3.91. The van der Waals surface area contributed by atoms with Crippen LogP contribution in [0.15, 0.2) is 12.7 Å². The molecule has 2 fully saturated rings. The van der Waals surface area contributed by atoms with Gasteiger partial charge in [0.15, 0.2) is 0 Å². The van der Waals surface area contributed by atoms with Gasteiger partial charge in [-0.25, -0.2) is 0 Å².